The molecule has 0 aliphatic rings. The molecule has 0 unspecified atom stereocenters. The molecule has 1 aromatic carbocycles. The van der Waals surface area contributed by atoms with Crippen molar-refractivity contribution < 1.29 is 12.8 Å². The lowest BCUT2D eigenvalue weighted by Gasteiger charge is -2.07. The van der Waals surface area contributed by atoms with Crippen LogP contribution in [0.25, 0.3) is 0 Å². The Bertz CT molecular complexity index is 716. The van der Waals surface area contributed by atoms with Crippen molar-refractivity contribution in [1.29, 1.82) is 0 Å². The van der Waals surface area contributed by atoms with E-state index in [1.165, 1.54) is 23.5 Å². The fraction of sp³-hybridized carbons (Fsp3) is 0.167. The van der Waals surface area contributed by atoms with Gasteiger partial charge in [0, 0.05) is 11.4 Å². The Morgan fingerprint density at radius 3 is 2.65 bits per heavy atom. The number of halogens is 2. The molecule has 0 saturated heterocycles. The minimum absolute atomic E-state index is 0.0859. The molecule has 4 nitrogen and oxygen atoms in total. The zero-order valence-electron chi connectivity index (χ0n) is 10.3. The number of nitrogens with one attached hydrogen (secondary N) is 1. The van der Waals surface area contributed by atoms with E-state index in [0.717, 1.165) is 10.9 Å². The maximum Gasteiger partial charge on any atom is 0.240 e. The van der Waals surface area contributed by atoms with Crippen LogP contribution in [0, 0.1) is 5.82 Å². The molecule has 2 aromatic rings. The standard InChI is InChI=1S/C12H12ClFN2O2S2/c13-12-4-1-8(19-12)5-6-16-20(17,18)9-2-3-11(15)10(14)7-9/h1-4,7,16H,5-6,15H2. The molecule has 0 bridgehead atoms. The van der Waals surface area contributed by atoms with Crippen LogP contribution < -0.4 is 10.5 Å². The van der Waals surface area contributed by atoms with Gasteiger partial charge in [0.1, 0.15) is 5.82 Å². The van der Waals surface area contributed by atoms with Gasteiger partial charge < -0.3 is 5.73 Å². The van der Waals surface area contributed by atoms with Crippen molar-refractivity contribution in [3.63, 3.8) is 0 Å². The predicted octanol–water partition coefficient (Wildman–Crippen LogP) is 2.64. The highest BCUT2D eigenvalue weighted by Crippen LogP contribution is 2.21. The van der Waals surface area contributed by atoms with Crippen LogP contribution in [0.5, 0.6) is 0 Å². The summed E-state index contributed by atoms with van der Waals surface area (Å²) in [5.41, 5.74) is 5.22. The van der Waals surface area contributed by atoms with E-state index in [1.54, 1.807) is 6.07 Å². The number of sulfonamides is 1. The molecule has 0 radical (unpaired) electrons. The molecule has 0 aliphatic carbocycles. The third kappa shape index (κ3) is 3.69. The Hall–Kier alpha value is -1.15. The molecule has 8 heteroatoms. The molecule has 108 valence electrons. The third-order valence-corrected chi connectivity index (χ3v) is 5.32. The number of thiophene rings is 1. The summed E-state index contributed by atoms with van der Waals surface area (Å²) in [5, 5.41) is 0. The zero-order valence-corrected chi connectivity index (χ0v) is 12.7. The van der Waals surface area contributed by atoms with Crippen LogP contribution in [0.15, 0.2) is 35.2 Å². The minimum atomic E-state index is -3.74. The summed E-state index contributed by atoms with van der Waals surface area (Å²) >= 11 is 7.18. The quantitative estimate of drug-likeness (QED) is 0.826. The monoisotopic (exact) mass is 334 g/mol. The lowest BCUT2D eigenvalue weighted by molar-refractivity contribution is 0.578. The Labute approximate surface area is 125 Å². The van der Waals surface area contributed by atoms with Crippen LogP contribution in [-0.2, 0) is 16.4 Å². The SMILES string of the molecule is Nc1ccc(S(=O)(=O)NCCc2ccc(Cl)s2)cc1F. The summed E-state index contributed by atoms with van der Waals surface area (Å²) in [4.78, 5) is 0.828. The lowest BCUT2D eigenvalue weighted by Crippen LogP contribution is -2.26. The normalized spacial score (nSPS) is 11.7. The lowest BCUT2D eigenvalue weighted by atomic mass is 10.3. The highest BCUT2D eigenvalue weighted by molar-refractivity contribution is 7.89. The number of anilines is 1. The maximum atomic E-state index is 13.3. The molecule has 0 amide bonds. The van der Waals surface area contributed by atoms with Gasteiger partial charge in [0.05, 0.1) is 14.9 Å². The summed E-state index contributed by atoms with van der Waals surface area (Å²) in [6, 6.07) is 6.99. The average molecular weight is 335 g/mol. The number of hydrogen-bond donors (Lipinski definition) is 2. The second-order valence-corrected chi connectivity index (χ2v) is 7.60. The molecular formula is C12H12ClFN2O2S2. The van der Waals surface area contributed by atoms with Crippen molar-refractivity contribution >= 4 is 38.6 Å². The van der Waals surface area contributed by atoms with Crippen LogP contribution in [0.2, 0.25) is 4.34 Å². The van der Waals surface area contributed by atoms with Gasteiger partial charge in [-0.3, -0.25) is 0 Å². The molecule has 0 spiro atoms. The number of nitrogens with two attached hydrogens (primary N) is 1. The average Bonchev–Trinajstić information content (AvgIpc) is 2.78. The Morgan fingerprint density at radius 2 is 2.05 bits per heavy atom. The van der Waals surface area contributed by atoms with Crippen molar-refractivity contribution in [2.24, 2.45) is 0 Å². The summed E-state index contributed by atoms with van der Waals surface area (Å²) in [6.07, 6.45) is 0.522. The number of benzene rings is 1. The van der Waals surface area contributed by atoms with Gasteiger partial charge in [-0.2, -0.15) is 0 Å². The zero-order chi connectivity index (χ0) is 14.8. The minimum Gasteiger partial charge on any atom is -0.396 e. The molecule has 2 rings (SSSR count). The maximum absolute atomic E-state index is 13.3. The van der Waals surface area contributed by atoms with Crippen molar-refractivity contribution in [1.82, 2.24) is 4.72 Å². The third-order valence-electron chi connectivity index (χ3n) is 2.57. The van der Waals surface area contributed by atoms with Gasteiger partial charge in [0.15, 0.2) is 0 Å². The predicted molar refractivity (Wildman–Crippen MR) is 79.0 cm³/mol. The van der Waals surface area contributed by atoms with Crippen LogP contribution in [-0.4, -0.2) is 15.0 Å². The van der Waals surface area contributed by atoms with Gasteiger partial charge in [-0.25, -0.2) is 17.5 Å². The van der Waals surface area contributed by atoms with Gasteiger partial charge >= 0.3 is 0 Å². The van der Waals surface area contributed by atoms with Crippen LogP contribution in [0.1, 0.15) is 4.88 Å². The van der Waals surface area contributed by atoms with E-state index in [9.17, 15) is 12.8 Å². The summed E-state index contributed by atoms with van der Waals surface area (Å²) in [7, 11) is -3.74. The molecule has 0 fully saturated rings. The summed E-state index contributed by atoms with van der Waals surface area (Å²) in [5.74, 6) is -0.752. The summed E-state index contributed by atoms with van der Waals surface area (Å²) < 4.78 is 40.2. The fourth-order valence-electron chi connectivity index (χ4n) is 1.55. The van der Waals surface area contributed by atoms with Gasteiger partial charge in [0.2, 0.25) is 10.0 Å². The Morgan fingerprint density at radius 1 is 1.30 bits per heavy atom. The fourth-order valence-corrected chi connectivity index (χ4v) is 3.68. The summed E-state index contributed by atoms with van der Waals surface area (Å²) in [6.45, 7) is 0.213. The first-order valence-electron chi connectivity index (χ1n) is 5.67. The first kappa shape index (κ1) is 15.2. The van der Waals surface area contributed by atoms with Crippen LogP contribution in [0.3, 0.4) is 0 Å². The highest BCUT2D eigenvalue weighted by Gasteiger charge is 2.15. The second kappa shape index (κ2) is 6.09. The molecule has 0 atom stereocenters. The molecule has 0 aliphatic heterocycles. The van der Waals surface area contributed by atoms with Crippen molar-refractivity contribution in [3.8, 4) is 0 Å². The molecular weight excluding hydrogens is 323 g/mol. The van der Waals surface area contributed by atoms with E-state index in [2.05, 4.69) is 4.72 Å². The number of hydrogen-bond acceptors (Lipinski definition) is 4. The molecule has 1 aromatic heterocycles. The second-order valence-electron chi connectivity index (χ2n) is 4.04. The van der Waals surface area contributed by atoms with E-state index < -0.39 is 15.8 Å². The topological polar surface area (TPSA) is 72.2 Å². The smallest absolute Gasteiger partial charge is 0.240 e. The van der Waals surface area contributed by atoms with E-state index in [1.807, 2.05) is 6.07 Å². The van der Waals surface area contributed by atoms with Gasteiger partial charge in [0.25, 0.3) is 0 Å². The van der Waals surface area contributed by atoms with E-state index in [0.29, 0.717) is 10.8 Å². The van der Waals surface area contributed by atoms with Gasteiger partial charge in [-0.05, 0) is 36.8 Å². The Balaban J connectivity index is 2.02. The number of nitrogen functional groups attached to an aromatic ring is 1. The molecule has 20 heavy (non-hydrogen) atoms. The van der Waals surface area contributed by atoms with Crippen LogP contribution in [0.4, 0.5) is 10.1 Å². The Kier molecular flexibility index (Phi) is 4.64. The molecule has 0 saturated carbocycles. The van der Waals surface area contributed by atoms with Gasteiger partial charge in [-0.1, -0.05) is 11.6 Å². The largest absolute Gasteiger partial charge is 0.396 e. The van der Waals surface area contributed by atoms with E-state index >= 15 is 0 Å². The first-order valence-corrected chi connectivity index (χ1v) is 8.35. The van der Waals surface area contributed by atoms with Crippen molar-refractivity contribution in [2.45, 2.75) is 11.3 Å². The first-order chi connectivity index (χ1) is 9.38. The van der Waals surface area contributed by atoms with Crippen molar-refractivity contribution in [2.75, 3.05) is 12.3 Å². The molecule has 1 heterocycles. The number of rotatable bonds is 5. The van der Waals surface area contributed by atoms with E-state index in [4.69, 9.17) is 17.3 Å². The molecule has 3 N–H and O–H groups in total. The van der Waals surface area contributed by atoms with E-state index in [-0.39, 0.29) is 17.1 Å². The van der Waals surface area contributed by atoms with Crippen molar-refractivity contribution in [3.05, 3.63) is 45.4 Å². The van der Waals surface area contributed by atoms with Gasteiger partial charge in [-0.15, -0.1) is 11.3 Å². The highest BCUT2D eigenvalue weighted by atomic mass is 35.5. The van der Waals surface area contributed by atoms with Crippen LogP contribution >= 0.6 is 22.9 Å².